The molecular weight excluding hydrogens is 368 g/mol. The minimum atomic E-state index is 0.0219. The van der Waals surface area contributed by atoms with Gasteiger partial charge in [-0.05, 0) is 75.3 Å². The summed E-state index contributed by atoms with van der Waals surface area (Å²) in [6.07, 6.45) is 7.66. The molecule has 5 nitrogen and oxygen atoms in total. The van der Waals surface area contributed by atoms with Crippen LogP contribution in [0.25, 0.3) is 16.1 Å². The van der Waals surface area contributed by atoms with E-state index in [-0.39, 0.29) is 12.1 Å². The summed E-state index contributed by atoms with van der Waals surface area (Å²) in [6.45, 7) is 3.90. The molecule has 2 aliphatic carbocycles. The van der Waals surface area contributed by atoms with Crippen LogP contribution in [0.3, 0.4) is 0 Å². The lowest BCUT2D eigenvalue weighted by Gasteiger charge is -2.29. The van der Waals surface area contributed by atoms with E-state index < -0.39 is 0 Å². The van der Waals surface area contributed by atoms with Crippen LogP contribution in [0.2, 0.25) is 0 Å². The molecule has 2 aromatic rings. The first-order valence-corrected chi connectivity index (χ1v) is 10.6. The third-order valence-electron chi connectivity index (χ3n) is 5.23. The Morgan fingerprint density at radius 3 is 2.86 bits per heavy atom. The summed E-state index contributed by atoms with van der Waals surface area (Å²) in [7, 11) is 0. The number of ether oxygens (including phenoxy) is 1. The molecule has 0 radical (unpaired) electrons. The summed E-state index contributed by atoms with van der Waals surface area (Å²) >= 11 is 1.57. The minimum absolute atomic E-state index is 0.0219. The van der Waals surface area contributed by atoms with E-state index in [9.17, 15) is 5.26 Å². The maximum atomic E-state index is 9.48. The van der Waals surface area contributed by atoms with Gasteiger partial charge in [0.05, 0.1) is 11.7 Å². The molecule has 0 fully saturated rings. The van der Waals surface area contributed by atoms with E-state index in [1.165, 1.54) is 16.7 Å². The average Bonchev–Trinajstić information content (AvgIpc) is 3.18. The predicted octanol–water partition coefficient (Wildman–Crippen LogP) is 4.85. The number of aromatic nitrogens is 2. The Bertz CT molecular complexity index is 996. The number of benzene rings is 1. The zero-order valence-electron chi connectivity index (χ0n) is 16.2. The highest BCUT2D eigenvalue weighted by Gasteiger charge is 2.26. The monoisotopic (exact) mass is 392 g/mol. The van der Waals surface area contributed by atoms with Crippen LogP contribution < -0.4 is 10.5 Å². The maximum absolute atomic E-state index is 9.48. The van der Waals surface area contributed by atoms with Gasteiger partial charge in [0.25, 0.3) is 0 Å². The Kier molecular flexibility index (Phi) is 5.29. The predicted molar refractivity (Wildman–Crippen MR) is 112 cm³/mol. The highest BCUT2D eigenvalue weighted by atomic mass is 32.1. The molecule has 6 heteroatoms. The molecule has 144 valence electrons. The Morgan fingerprint density at radius 1 is 1.25 bits per heavy atom. The summed E-state index contributed by atoms with van der Waals surface area (Å²) in [5.41, 5.74) is 11.7. The first kappa shape index (κ1) is 18.9. The summed E-state index contributed by atoms with van der Waals surface area (Å²) in [5, 5.41) is 20.1. The van der Waals surface area contributed by atoms with E-state index in [2.05, 4.69) is 22.3 Å². The van der Waals surface area contributed by atoms with Crippen molar-refractivity contribution in [2.24, 2.45) is 5.73 Å². The molecule has 1 aromatic heterocycles. The van der Waals surface area contributed by atoms with Crippen LogP contribution in [-0.2, 0) is 0 Å². The van der Waals surface area contributed by atoms with E-state index in [0.717, 1.165) is 47.7 Å². The number of rotatable bonds is 4. The van der Waals surface area contributed by atoms with Crippen molar-refractivity contribution in [1.82, 2.24) is 10.2 Å². The molecular formula is C22H24N4OS. The van der Waals surface area contributed by atoms with Gasteiger partial charge in [0.2, 0.25) is 0 Å². The first-order chi connectivity index (χ1) is 13.6. The van der Waals surface area contributed by atoms with Gasteiger partial charge in [0.15, 0.2) is 0 Å². The van der Waals surface area contributed by atoms with E-state index in [4.69, 9.17) is 10.5 Å². The third kappa shape index (κ3) is 3.60. The Morgan fingerprint density at radius 2 is 2.07 bits per heavy atom. The van der Waals surface area contributed by atoms with Crippen molar-refractivity contribution >= 4 is 16.9 Å². The molecule has 0 saturated heterocycles. The van der Waals surface area contributed by atoms with Gasteiger partial charge in [0, 0.05) is 17.2 Å². The van der Waals surface area contributed by atoms with E-state index >= 15 is 0 Å². The molecule has 0 bridgehead atoms. The van der Waals surface area contributed by atoms with Gasteiger partial charge in [-0.3, -0.25) is 0 Å². The van der Waals surface area contributed by atoms with Crippen molar-refractivity contribution in [3.05, 3.63) is 46.0 Å². The molecule has 1 unspecified atom stereocenters. The van der Waals surface area contributed by atoms with E-state index in [1.54, 1.807) is 11.3 Å². The highest BCUT2D eigenvalue weighted by Crippen LogP contribution is 2.42. The lowest BCUT2D eigenvalue weighted by molar-refractivity contribution is 0.242. The van der Waals surface area contributed by atoms with Gasteiger partial charge in [-0.15, -0.1) is 10.2 Å². The van der Waals surface area contributed by atoms with Crippen LogP contribution in [-0.4, -0.2) is 22.3 Å². The molecule has 0 spiro atoms. The number of hydrogen-bond donors (Lipinski definition) is 1. The highest BCUT2D eigenvalue weighted by molar-refractivity contribution is 7.15. The summed E-state index contributed by atoms with van der Waals surface area (Å²) in [6, 6.07) is 8.03. The van der Waals surface area contributed by atoms with Gasteiger partial charge in [-0.25, -0.2) is 0 Å². The molecule has 0 amide bonds. The second-order valence-electron chi connectivity index (χ2n) is 7.56. The summed E-state index contributed by atoms with van der Waals surface area (Å²) < 4.78 is 5.71. The fourth-order valence-corrected chi connectivity index (χ4v) is 4.88. The number of nitriles is 1. The normalized spacial score (nSPS) is 19.2. The Balaban J connectivity index is 1.65. The standard InChI is InChI=1S/C22H24N4OS/c1-13(2)27-20-10-9-14(11-15(20)12-23)21-25-26-22(28-21)18-7-3-6-17-16(18)5-4-8-19(17)24/h7,9-11,13,19H,3-6,8,24H2,1-2H3. The van der Waals surface area contributed by atoms with Gasteiger partial charge in [-0.2, -0.15) is 5.26 Å². The van der Waals surface area contributed by atoms with Crippen LogP contribution in [0.15, 0.2) is 35.4 Å². The lowest BCUT2D eigenvalue weighted by Crippen LogP contribution is -2.28. The number of allylic oxidation sites excluding steroid dienone is 3. The molecule has 0 aliphatic heterocycles. The van der Waals surface area contributed by atoms with Crippen LogP contribution in [0, 0.1) is 11.3 Å². The molecule has 1 heterocycles. The van der Waals surface area contributed by atoms with Gasteiger partial charge < -0.3 is 10.5 Å². The van der Waals surface area contributed by atoms with Crippen molar-refractivity contribution in [2.75, 3.05) is 0 Å². The number of hydrogen-bond acceptors (Lipinski definition) is 6. The molecule has 2 N–H and O–H groups in total. The fourth-order valence-electron chi connectivity index (χ4n) is 3.97. The SMILES string of the molecule is CC(C)Oc1ccc(-c2nnc(C3=CCCC4=C3CCCC4N)s2)cc1C#N. The number of nitrogens with two attached hydrogens (primary N) is 1. The molecule has 1 aromatic carbocycles. The second-order valence-corrected chi connectivity index (χ2v) is 8.54. The second kappa shape index (κ2) is 7.86. The van der Waals surface area contributed by atoms with E-state index in [0.29, 0.717) is 11.3 Å². The lowest BCUT2D eigenvalue weighted by atomic mass is 9.79. The zero-order valence-corrected chi connectivity index (χ0v) is 17.1. The number of nitrogens with zero attached hydrogens (tertiary/aromatic N) is 3. The van der Waals surface area contributed by atoms with Gasteiger partial charge >= 0.3 is 0 Å². The van der Waals surface area contributed by atoms with Crippen molar-refractivity contribution in [1.29, 1.82) is 5.26 Å². The minimum Gasteiger partial charge on any atom is -0.490 e. The average molecular weight is 393 g/mol. The quantitative estimate of drug-likeness (QED) is 0.804. The molecule has 2 aliphatic rings. The fraction of sp³-hybridized carbons (Fsp3) is 0.409. The van der Waals surface area contributed by atoms with Gasteiger partial charge in [0.1, 0.15) is 21.8 Å². The van der Waals surface area contributed by atoms with Crippen LogP contribution >= 0.6 is 11.3 Å². The van der Waals surface area contributed by atoms with Crippen LogP contribution in [0.5, 0.6) is 5.75 Å². The van der Waals surface area contributed by atoms with E-state index in [1.807, 2.05) is 32.0 Å². The zero-order chi connectivity index (χ0) is 19.7. The topological polar surface area (TPSA) is 84.8 Å². The summed E-state index contributed by atoms with van der Waals surface area (Å²) in [5.74, 6) is 0.604. The largest absolute Gasteiger partial charge is 0.490 e. The Hall–Kier alpha value is -2.49. The van der Waals surface area contributed by atoms with Crippen LogP contribution in [0.1, 0.15) is 56.5 Å². The van der Waals surface area contributed by atoms with Crippen molar-refractivity contribution < 1.29 is 4.74 Å². The van der Waals surface area contributed by atoms with Crippen molar-refractivity contribution in [3.63, 3.8) is 0 Å². The molecule has 1 atom stereocenters. The first-order valence-electron chi connectivity index (χ1n) is 9.80. The van der Waals surface area contributed by atoms with Crippen molar-refractivity contribution in [2.45, 2.75) is 58.1 Å². The Labute approximate surface area is 169 Å². The van der Waals surface area contributed by atoms with Crippen molar-refractivity contribution in [3.8, 4) is 22.4 Å². The molecule has 4 rings (SSSR count). The molecule has 28 heavy (non-hydrogen) atoms. The summed E-state index contributed by atoms with van der Waals surface area (Å²) in [4.78, 5) is 0. The van der Waals surface area contributed by atoms with Crippen LogP contribution in [0.4, 0.5) is 0 Å². The molecule has 0 saturated carbocycles. The third-order valence-corrected chi connectivity index (χ3v) is 6.24. The smallest absolute Gasteiger partial charge is 0.148 e. The van der Waals surface area contributed by atoms with Gasteiger partial charge in [-0.1, -0.05) is 17.4 Å². The maximum Gasteiger partial charge on any atom is 0.148 e.